The molecule has 1 heterocycles. The number of furan rings is 1. The van der Waals surface area contributed by atoms with E-state index < -0.39 is 5.60 Å². The highest BCUT2D eigenvalue weighted by Gasteiger charge is 2.42. The maximum absolute atomic E-state index is 9.99. The van der Waals surface area contributed by atoms with E-state index >= 15 is 0 Å². The van der Waals surface area contributed by atoms with Gasteiger partial charge < -0.3 is 9.52 Å². The maximum atomic E-state index is 9.99. The van der Waals surface area contributed by atoms with E-state index in [0.29, 0.717) is 12.3 Å². The normalized spacial score (nSPS) is 34.7. The van der Waals surface area contributed by atoms with Crippen LogP contribution in [0.25, 0.3) is 0 Å². The van der Waals surface area contributed by atoms with Crippen LogP contribution in [0, 0.1) is 5.92 Å². The molecule has 0 aromatic carbocycles. The van der Waals surface area contributed by atoms with Crippen LogP contribution in [-0.4, -0.2) is 10.7 Å². The molecule has 1 aliphatic rings. The van der Waals surface area contributed by atoms with Gasteiger partial charge in [-0.15, -0.1) is 0 Å². The number of hydrogen-bond acceptors (Lipinski definition) is 2. The summed E-state index contributed by atoms with van der Waals surface area (Å²) in [4.78, 5) is 0. The first-order chi connectivity index (χ1) is 5.71. The topological polar surface area (TPSA) is 33.4 Å². The summed E-state index contributed by atoms with van der Waals surface area (Å²) in [5.74, 6) is 1.31. The molecule has 66 valence electrons. The van der Waals surface area contributed by atoms with E-state index in [1.807, 2.05) is 12.1 Å². The van der Waals surface area contributed by atoms with Crippen LogP contribution in [-0.2, 0) is 6.42 Å². The molecule has 1 fully saturated rings. The van der Waals surface area contributed by atoms with Crippen molar-refractivity contribution in [3.8, 4) is 0 Å². The molecule has 0 aliphatic heterocycles. The second-order valence-electron chi connectivity index (χ2n) is 3.80. The Balaban J connectivity index is 2.03. The Hall–Kier alpha value is -0.760. The van der Waals surface area contributed by atoms with Crippen LogP contribution in [0.15, 0.2) is 22.8 Å². The summed E-state index contributed by atoms with van der Waals surface area (Å²) in [6, 6.07) is 3.78. The number of aliphatic hydroxyl groups is 1. The van der Waals surface area contributed by atoms with Gasteiger partial charge in [0.1, 0.15) is 5.76 Å². The molecule has 1 aromatic heterocycles. The average Bonchev–Trinajstić information content (AvgIpc) is 2.54. The summed E-state index contributed by atoms with van der Waals surface area (Å²) < 4.78 is 5.19. The highest BCUT2D eigenvalue weighted by atomic mass is 16.3. The second kappa shape index (κ2) is 2.63. The molecule has 0 radical (unpaired) electrons. The molecular formula is C10H14O2. The van der Waals surface area contributed by atoms with E-state index in [0.717, 1.165) is 18.6 Å². The summed E-state index contributed by atoms with van der Waals surface area (Å²) in [6.45, 7) is 2.09. The Morgan fingerprint density at radius 2 is 2.58 bits per heavy atom. The van der Waals surface area contributed by atoms with Crippen molar-refractivity contribution >= 4 is 0 Å². The van der Waals surface area contributed by atoms with E-state index in [1.165, 1.54) is 0 Å². The standard InChI is InChI=1S/C10H14O2/c1-8-4-5-10(8,11)7-9-3-2-6-12-9/h2-3,6,8,11H,4-5,7H2,1H3. The Bertz CT molecular complexity index is 253. The van der Waals surface area contributed by atoms with Crippen LogP contribution < -0.4 is 0 Å². The van der Waals surface area contributed by atoms with Crippen LogP contribution in [0.3, 0.4) is 0 Å². The minimum Gasteiger partial charge on any atom is -0.469 e. The Morgan fingerprint density at radius 3 is 3.00 bits per heavy atom. The van der Waals surface area contributed by atoms with Crippen LogP contribution in [0.2, 0.25) is 0 Å². The molecule has 0 amide bonds. The lowest BCUT2D eigenvalue weighted by atomic mass is 9.68. The first kappa shape index (κ1) is 7.87. The Labute approximate surface area is 72.2 Å². The van der Waals surface area contributed by atoms with Gasteiger partial charge in [-0.3, -0.25) is 0 Å². The monoisotopic (exact) mass is 166 g/mol. The molecular weight excluding hydrogens is 152 g/mol. The molecule has 2 heteroatoms. The summed E-state index contributed by atoms with van der Waals surface area (Å²) in [6.07, 6.45) is 4.37. The van der Waals surface area contributed by atoms with Gasteiger partial charge in [0, 0.05) is 6.42 Å². The van der Waals surface area contributed by atoms with E-state index in [2.05, 4.69) is 6.92 Å². The molecule has 0 bridgehead atoms. The van der Waals surface area contributed by atoms with Crippen molar-refractivity contribution in [3.05, 3.63) is 24.2 Å². The van der Waals surface area contributed by atoms with Crippen molar-refractivity contribution in [2.24, 2.45) is 5.92 Å². The van der Waals surface area contributed by atoms with E-state index in [9.17, 15) is 5.11 Å². The molecule has 2 unspecified atom stereocenters. The summed E-state index contributed by atoms with van der Waals surface area (Å²) in [7, 11) is 0. The molecule has 1 N–H and O–H groups in total. The number of rotatable bonds is 2. The smallest absolute Gasteiger partial charge is 0.106 e. The molecule has 1 aliphatic carbocycles. The maximum Gasteiger partial charge on any atom is 0.106 e. The van der Waals surface area contributed by atoms with Gasteiger partial charge in [-0.25, -0.2) is 0 Å². The second-order valence-corrected chi connectivity index (χ2v) is 3.80. The third-order valence-electron chi connectivity index (χ3n) is 2.99. The summed E-state index contributed by atoms with van der Waals surface area (Å²) in [5.41, 5.74) is -0.488. The fraction of sp³-hybridized carbons (Fsp3) is 0.600. The van der Waals surface area contributed by atoms with Crippen molar-refractivity contribution < 1.29 is 9.52 Å². The highest BCUT2D eigenvalue weighted by Crippen LogP contribution is 2.40. The minimum atomic E-state index is -0.488. The SMILES string of the molecule is CC1CCC1(O)Cc1ccco1. The molecule has 2 atom stereocenters. The zero-order valence-electron chi connectivity index (χ0n) is 7.29. The van der Waals surface area contributed by atoms with E-state index in [1.54, 1.807) is 6.26 Å². The zero-order chi connectivity index (χ0) is 8.60. The number of hydrogen-bond donors (Lipinski definition) is 1. The van der Waals surface area contributed by atoms with Crippen molar-refractivity contribution in [2.75, 3.05) is 0 Å². The van der Waals surface area contributed by atoms with Gasteiger partial charge >= 0.3 is 0 Å². The van der Waals surface area contributed by atoms with Gasteiger partial charge in [0.2, 0.25) is 0 Å². The van der Waals surface area contributed by atoms with E-state index in [4.69, 9.17) is 4.42 Å². The fourth-order valence-electron chi connectivity index (χ4n) is 1.74. The average molecular weight is 166 g/mol. The molecule has 0 spiro atoms. The molecule has 2 rings (SSSR count). The minimum absolute atomic E-state index is 0.419. The molecule has 1 saturated carbocycles. The predicted octanol–water partition coefficient (Wildman–Crippen LogP) is 1.98. The van der Waals surface area contributed by atoms with Gasteiger partial charge in [0.15, 0.2) is 0 Å². The Kier molecular flexibility index (Phi) is 1.72. The molecule has 2 nitrogen and oxygen atoms in total. The van der Waals surface area contributed by atoms with Crippen LogP contribution in [0.1, 0.15) is 25.5 Å². The quantitative estimate of drug-likeness (QED) is 0.728. The van der Waals surface area contributed by atoms with Gasteiger partial charge in [0.25, 0.3) is 0 Å². The lowest BCUT2D eigenvalue weighted by molar-refractivity contribution is -0.0881. The van der Waals surface area contributed by atoms with Crippen molar-refractivity contribution in [1.82, 2.24) is 0 Å². The van der Waals surface area contributed by atoms with Crippen molar-refractivity contribution in [1.29, 1.82) is 0 Å². The summed E-state index contributed by atoms with van der Waals surface area (Å²) >= 11 is 0. The van der Waals surface area contributed by atoms with Crippen molar-refractivity contribution in [3.63, 3.8) is 0 Å². The van der Waals surface area contributed by atoms with Crippen LogP contribution >= 0.6 is 0 Å². The summed E-state index contributed by atoms with van der Waals surface area (Å²) in [5, 5.41) is 9.99. The fourth-order valence-corrected chi connectivity index (χ4v) is 1.74. The lowest BCUT2D eigenvalue weighted by Crippen LogP contribution is -2.47. The molecule has 12 heavy (non-hydrogen) atoms. The third-order valence-corrected chi connectivity index (χ3v) is 2.99. The molecule has 1 aromatic rings. The van der Waals surface area contributed by atoms with E-state index in [-0.39, 0.29) is 0 Å². The van der Waals surface area contributed by atoms with Crippen molar-refractivity contribution in [2.45, 2.75) is 31.8 Å². The van der Waals surface area contributed by atoms with Gasteiger partial charge in [-0.2, -0.15) is 0 Å². The lowest BCUT2D eigenvalue weighted by Gasteiger charge is -2.43. The van der Waals surface area contributed by atoms with Gasteiger partial charge in [-0.1, -0.05) is 6.92 Å². The van der Waals surface area contributed by atoms with Crippen LogP contribution in [0.5, 0.6) is 0 Å². The first-order valence-electron chi connectivity index (χ1n) is 4.45. The third kappa shape index (κ3) is 1.16. The van der Waals surface area contributed by atoms with Crippen LogP contribution in [0.4, 0.5) is 0 Å². The van der Waals surface area contributed by atoms with Gasteiger partial charge in [0.05, 0.1) is 11.9 Å². The first-order valence-corrected chi connectivity index (χ1v) is 4.45. The predicted molar refractivity (Wildman–Crippen MR) is 45.8 cm³/mol. The highest BCUT2D eigenvalue weighted by molar-refractivity contribution is 5.07. The molecule has 0 saturated heterocycles. The zero-order valence-corrected chi connectivity index (χ0v) is 7.29. The Morgan fingerprint density at radius 1 is 1.75 bits per heavy atom. The largest absolute Gasteiger partial charge is 0.469 e. The van der Waals surface area contributed by atoms with Gasteiger partial charge in [-0.05, 0) is 30.9 Å².